The summed E-state index contributed by atoms with van der Waals surface area (Å²) in [5.41, 5.74) is 6.70. The van der Waals surface area contributed by atoms with E-state index in [0.29, 0.717) is 12.1 Å². The Balaban J connectivity index is 2.97. The molecule has 0 aromatic carbocycles. The zero-order chi connectivity index (χ0) is 6.85. The van der Waals surface area contributed by atoms with Gasteiger partial charge in [-0.1, -0.05) is 12.2 Å². The van der Waals surface area contributed by atoms with Gasteiger partial charge in [-0.25, -0.2) is 0 Å². The molecule has 2 N–H and O–H groups in total. The van der Waals surface area contributed by atoms with E-state index in [2.05, 4.69) is 0 Å². The maximum absolute atomic E-state index is 10.8. The van der Waals surface area contributed by atoms with Crippen LogP contribution in [-0.4, -0.2) is 5.78 Å². The van der Waals surface area contributed by atoms with Gasteiger partial charge < -0.3 is 5.73 Å². The first kappa shape index (κ1) is 6.08. The van der Waals surface area contributed by atoms with Crippen LogP contribution in [0.1, 0.15) is 13.3 Å². The van der Waals surface area contributed by atoms with Gasteiger partial charge in [0, 0.05) is 6.42 Å². The summed E-state index contributed by atoms with van der Waals surface area (Å²) in [6.07, 6.45) is 4.16. The Morgan fingerprint density at radius 3 is 2.78 bits per heavy atom. The number of hydrogen-bond donors (Lipinski definition) is 1. The first-order chi connectivity index (χ1) is 4.22. The zero-order valence-electron chi connectivity index (χ0n) is 5.35. The van der Waals surface area contributed by atoms with Crippen LogP contribution in [-0.2, 0) is 4.79 Å². The first-order valence-corrected chi connectivity index (χ1v) is 2.88. The number of ketones is 1. The normalized spacial score (nSPS) is 19.0. The van der Waals surface area contributed by atoms with Crippen molar-refractivity contribution in [3.63, 3.8) is 0 Å². The van der Waals surface area contributed by atoms with E-state index < -0.39 is 0 Å². The zero-order valence-corrected chi connectivity index (χ0v) is 5.35. The van der Waals surface area contributed by atoms with E-state index in [0.717, 1.165) is 5.57 Å². The van der Waals surface area contributed by atoms with Crippen molar-refractivity contribution in [1.29, 1.82) is 0 Å². The van der Waals surface area contributed by atoms with Gasteiger partial charge >= 0.3 is 0 Å². The maximum atomic E-state index is 10.8. The Labute approximate surface area is 54.0 Å². The average molecular weight is 123 g/mol. The van der Waals surface area contributed by atoms with Gasteiger partial charge in [0.05, 0.1) is 5.70 Å². The van der Waals surface area contributed by atoms with Crippen LogP contribution in [0.4, 0.5) is 0 Å². The van der Waals surface area contributed by atoms with Crippen LogP contribution in [0.3, 0.4) is 0 Å². The molecule has 0 amide bonds. The van der Waals surface area contributed by atoms with Crippen LogP contribution in [0.15, 0.2) is 23.4 Å². The third-order valence-corrected chi connectivity index (χ3v) is 1.40. The molecular weight excluding hydrogens is 114 g/mol. The van der Waals surface area contributed by atoms with Crippen LogP contribution in [0.2, 0.25) is 0 Å². The molecule has 0 saturated carbocycles. The molecule has 0 radical (unpaired) electrons. The predicted octanol–water partition coefficient (Wildman–Crippen LogP) is 0.748. The molecule has 0 unspecified atom stereocenters. The van der Waals surface area contributed by atoms with Crippen molar-refractivity contribution >= 4 is 5.78 Å². The van der Waals surface area contributed by atoms with Crippen molar-refractivity contribution in [2.45, 2.75) is 13.3 Å². The number of carbonyl (C=O) groups is 1. The second-order valence-electron chi connectivity index (χ2n) is 2.13. The van der Waals surface area contributed by atoms with E-state index in [1.54, 1.807) is 0 Å². The number of Topliss-reactive ketones (excluding diaryl/α,β-unsaturated/α-hetero) is 1. The van der Waals surface area contributed by atoms with E-state index in [1.165, 1.54) is 0 Å². The Bertz CT molecular complexity index is 201. The topological polar surface area (TPSA) is 43.1 Å². The van der Waals surface area contributed by atoms with Crippen molar-refractivity contribution in [2.24, 2.45) is 5.73 Å². The van der Waals surface area contributed by atoms with Gasteiger partial charge in [0.1, 0.15) is 0 Å². The third kappa shape index (κ3) is 1.02. The van der Waals surface area contributed by atoms with Crippen LogP contribution >= 0.6 is 0 Å². The highest BCUT2D eigenvalue weighted by molar-refractivity contribution is 5.97. The molecule has 1 aliphatic carbocycles. The Hall–Kier alpha value is -1.05. The third-order valence-electron chi connectivity index (χ3n) is 1.40. The number of nitrogens with two attached hydrogens (primary N) is 1. The number of hydrogen-bond acceptors (Lipinski definition) is 2. The molecule has 0 fully saturated rings. The van der Waals surface area contributed by atoms with E-state index in [-0.39, 0.29) is 5.78 Å². The largest absolute Gasteiger partial charge is 0.396 e. The molecule has 0 spiro atoms. The molecule has 0 heterocycles. The summed E-state index contributed by atoms with van der Waals surface area (Å²) >= 11 is 0. The van der Waals surface area contributed by atoms with Gasteiger partial charge in [0.15, 0.2) is 5.78 Å². The van der Waals surface area contributed by atoms with Crippen LogP contribution < -0.4 is 5.73 Å². The van der Waals surface area contributed by atoms with Gasteiger partial charge in [0.25, 0.3) is 0 Å². The monoisotopic (exact) mass is 123 g/mol. The highest BCUT2D eigenvalue weighted by atomic mass is 16.1. The second-order valence-corrected chi connectivity index (χ2v) is 2.13. The van der Waals surface area contributed by atoms with Gasteiger partial charge in [-0.2, -0.15) is 0 Å². The van der Waals surface area contributed by atoms with Crippen LogP contribution in [0, 0.1) is 0 Å². The molecule has 1 aliphatic rings. The highest BCUT2D eigenvalue weighted by Gasteiger charge is 2.08. The van der Waals surface area contributed by atoms with E-state index >= 15 is 0 Å². The Kier molecular flexibility index (Phi) is 1.39. The summed E-state index contributed by atoms with van der Waals surface area (Å²) in [6, 6.07) is 0. The SMILES string of the molecule is CC1=C(N)C(=O)CC=C1. The van der Waals surface area contributed by atoms with E-state index in [4.69, 9.17) is 5.73 Å². The van der Waals surface area contributed by atoms with Gasteiger partial charge in [-0.05, 0) is 12.5 Å². The van der Waals surface area contributed by atoms with Gasteiger partial charge in [-0.15, -0.1) is 0 Å². The Morgan fingerprint density at radius 2 is 2.33 bits per heavy atom. The van der Waals surface area contributed by atoms with Crippen molar-refractivity contribution in [3.05, 3.63) is 23.4 Å². The summed E-state index contributed by atoms with van der Waals surface area (Å²) in [6.45, 7) is 1.84. The fraction of sp³-hybridized carbons (Fsp3) is 0.286. The molecule has 9 heavy (non-hydrogen) atoms. The summed E-state index contributed by atoms with van der Waals surface area (Å²) in [5.74, 6) is 0.0370. The van der Waals surface area contributed by atoms with Crippen LogP contribution in [0.25, 0.3) is 0 Å². The molecule has 0 saturated heterocycles. The number of allylic oxidation sites excluding steroid dienone is 4. The molecule has 0 bridgehead atoms. The molecule has 2 nitrogen and oxygen atoms in total. The van der Waals surface area contributed by atoms with Crippen molar-refractivity contribution in [1.82, 2.24) is 0 Å². The molecule has 2 heteroatoms. The lowest BCUT2D eigenvalue weighted by Gasteiger charge is -2.05. The van der Waals surface area contributed by atoms with Crippen molar-refractivity contribution in [2.75, 3.05) is 0 Å². The summed E-state index contributed by atoms with van der Waals surface area (Å²) in [4.78, 5) is 10.8. The molecule has 0 aromatic rings. The highest BCUT2D eigenvalue weighted by Crippen LogP contribution is 2.09. The lowest BCUT2D eigenvalue weighted by molar-refractivity contribution is -0.115. The lowest BCUT2D eigenvalue weighted by atomic mass is 10.0. The van der Waals surface area contributed by atoms with Gasteiger partial charge in [0.2, 0.25) is 0 Å². The predicted molar refractivity (Wildman–Crippen MR) is 35.7 cm³/mol. The lowest BCUT2D eigenvalue weighted by Crippen LogP contribution is -2.14. The fourth-order valence-corrected chi connectivity index (χ4v) is 0.762. The van der Waals surface area contributed by atoms with Gasteiger partial charge in [-0.3, -0.25) is 4.79 Å². The summed E-state index contributed by atoms with van der Waals surface area (Å²) in [7, 11) is 0. The first-order valence-electron chi connectivity index (χ1n) is 2.88. The smallest absolute Gasteiger partial charge is 0.182 e. The molecule has 48 valence electrons. The minimum atomic E-state index is 0.0370. The molecule has 0 atom stereocenters. The molecular formula is C7H9NO. The quantitative estimate of drug-likeness (QED) is 0.516. The minimum Gasteiger partial charge on any atom is -0.396 e. The number of rotatable bonds is 0. The average Bonchev–Trinajstić information content (AvgIpc) is 1.83. The van der Waals surface area contributed by atoms with Crippen molar-refractivity contribution < 1.29 is 4.79 Å². The maximum Gasteiger partial charge on any atom is 0.182 e. The molecule has 1 rings (SSSR count). The molecule has 0 aliphatic heterocycles. The van der Waals surface area contributed by atoms with Crippen molar-refractivity contribution in [3.8, 4) is 0 Å². The summed E-state index contributed by atoms with van der Waals surface area (Å²) in [5, 5.41) is 0. The fourth-order valence-electron chi connectivity index (χ4n) is 0.762. The summed E-state index contributed by atoms with van der Waals surface area (Å²) < 4.78 is 0. The molecule has 0 aromatic heterocycles. The minimum absolute atomic E-state index is 0.0370. The van der Waals surface area contributed by atoms with Crippen LogP contribution in [0.5, 0.6) is 0 Å². The second kappa shape index (κ2) is 2.05. The Morgan fingerprint density at radius 1 is 1.67 bits per heavy atom. The number of carbonyl (C=O) groups excluding carboxylic acids is 1. The van der Waals surface area contributed by atoms with E-state index in [9.17, 15) is 4.79 Å². The standard InChI is InChI=1S/C7H9NO/c1-5-3-2-4-6(9)7(5)8/h2-3H,4,8H2,1H3. The van der Waals surface area contributed by atoms with E-state index in [1.807, 2.05) is 19.1 Å².